The van der Waals surface area contributed by atoms with Crippen LogP contribution in [-0.2, 0) is 11.8 Å². The minimum Gasteiger partial charge on any atom is -0.465 e. The average molecular weight is 375 g/mol. The number of hydrogen-bond acceptors (Lipinski definition) is 6. The number of para-hydroxylation sites is 1. The van der Waals surface area contributed by atoms with Crippen LogP contribution in [0.4, 0.5) is 11.6 Å². The summed E-state index contributed by atoms with van der Waals surface area (Å²) in [4.78, 5) is 32.8. The van der Waals surface area contributed by atoms with Crippen molar-refractivity contribution in [1.82, 2.24) is 19.3 Å². The maximum atomic E-state index is 12.5. The van der Waals surface area contributed by atoms with Gasteiger partial charge in [-0.3, -0.25) is 4.79 Å². The molecule has 2 aromatic carbocycles. The van der Waals surface area contributed by atoms with E-state index in [0.717, 1.165) is 5.69 Å². The van der Waals surface area contributed by atoms with Gasteiger partial charge in [-0.1, -0.05) is 18.2 Å². The molecule has 140 valence electrons. The van der Waals surface area contributed by atoms with Crippen LogP contribution in [0.5, 0.6) is 0 Å². The highest BCUT2D eigenvalue weighted by Crippen LogP contribution is 2.19. The van der Waals surface area contributed by atoms with Crippen LogP contribution in [-0.4, -0.2) is 32.4 Å². The van der Waals surface area contributed by atoms with Crippen LogP contribution in [0.15, 0.2) is 65.6 Å². The van der Waals surface area contributed by atoms with Gasteiger partial charge in [0.05, 0.1) is 18.4 Å². The van der Waals surface area contributed by atoms with E-state index in [4.69, 9.17) is 4.74 Å². The maximum Gasteiger partial charge on any atom is 0.337 e. The minimum absolute atomic E-state index is 0.173. The molecular weight excluding hydrogens is 358 g/mol. The summed E-state index contributed by atoms with van der Waals surface area (Å²) in [5.41, 5.74) is 2.31. The molecule has 0 saturated heterocycles. The molecular formula is C20H17N5O3. The quantitative estimate of drug-likeness (QED) is 0.552. The van der Waals surface area contributed by atoms with E-state index in [1.165, 1.54) is 18.0 Å². The first kappa shape index (κ1) is 17.5. The highest BCUT2D eigenvalue weighted by molar-refractivity contribution is 5.89. The van der Waals surface area contributed by atoms with Crippen molar-refractivity contribution in [3.05, 3.63) is 76.7 Å². The van der Waals surface area contributed by atoms with Gasteiger partial charge >= 0.3 is 5.97 Å². The highest BCUT2D eigenvalue weighted by atomic mass is 16.5. The lowest BCUT2D eigenvalue weighted by Gasteiger charge is -2.09. The number of nitrogens with one attached hydrogen (secondary N) is 1. The van der Waals surface area contributed by atoms with Gasteiger partial charge in [0.2, 0.25) is 5.95 Å². The van der Waals surface area contributed by atoms with Gasteiger partial charge < -0.3 is 10.1 Å². The van der Waals surface area contributed by atoms with Gasteiger partial charge in [-0.2, -0.15) is 4.98 Å². The second kappa shape index (κ2) is 6.99. The second-order valence-corrected chi connectivity index (χ2v) is 6.10. The molecule has 0 amide bonds. The molecule has 0 aliphatic carbocycles. The zero-order valence-corrected chi connectivity index (χ0v) is 15.3. The number of carbonyl (C=O) groups excluding carboxylic acids is 1. The first-order valence-corrected chi connectivity index (χ1v) is 8.54. The van der Waals surface area contributed by atoms with Crippen molar-refractivity contribution >= 4 is 28.6 Å². The van der Waals surface area contributed by atoms with E-state index >= 15 is 0 Å². The SMILES string of the molecule is COC(=O)c1ccc(Nc2ncc3c(=O)n(C)n(-c4ccccc4)c3n2)cc1. The summed E-state index contributed by atoms with van der Waals surface area (Å²) in [7, 11) is 3.03. The van der Waals surface area contributed by atoms with Gasteiger partial charge in [0, 0.05) is 18.9 Å². The van der Waals surface area contributed by atoms with Gasteiger partial charge in [0.1, 0.15) is 5.39 Å². The van der Waals surface area contributed by atoms with Crippen LogP contribution >= 0.6 is 0 Å². The first-order chi connectivity index (χ1) is 13.6. The molecule has 4 aromatic rings. The van der Waals surface area contributed by atoms with E-state index in [-0.39, 0.29) is 5.56 Å². The Hall–Kier alpha value is -3.94. The molecule has 2 heterocycles. The first-order valence-electron chi connectivity index (χ1n) is 8.54. The predicted molar refractivity (Wildman–Crippen MR) is 105 cm³/mol. The van der Waals surface area contributed by atoms with Crippen LogP contribution in [0, 0.1) is 0 Å². The standard InChI is InChI=1S/C20H17N5O3/c1-24-18(26)16-12-21-20(22-14-10-8-13(9-11-14)19(27)28-2)23-17(16)25(24)15-6-4-3-5-7-15/h3-12H,1-2H3,(H,21,22,23). The molecule has 1 N–H and O–H groups in total. The van der Waals surface area contributed by atoms with Crippen molar-refractivity contribution < 1.29 is 9.53 Å². The van der Waals surface area contributed by atoms with Gasteiger partial charge in [-0.15, -0.1) is 0 Å². The van der Waals surface area contributed by atoms with Crippen LogP contribution in [0.1, 0.15) is 10.4 Å². The average Bonchev–Trinajstić information content (AvgIpc) is 2.98. The second-order valence-electron chi connectivity index (χ2n) is 6.10. The number of ether oxygens (including phenoxy) is 1. The molecule has 0 aliphatic rings. The van der Waals surface area contributed by atoms with Crippen LogP contribution in [0.25, 0.3) is 16.7 Å². The number of esters is 1. The molecule has 28 heavy (non-hydrogen) atoms. The molecule has 0 bridgehead atoms. The molecule has 0 atom stereocenters. The van der Waals surface area contributed by atoms with Crippen LogP contribution < -0.4 is 10.9 Å². The third kappa shape index (κ3) is 3.01. The zero-order valence-electron chi connectivity index (χ0n) is 15.3. The summed E-state index contributed by atoms with van der Waals surface area (Å²) in [5, 5.41) is 3.52. The molecule has 2 aromatic heterocycles. The maximum absolute atomic E-state index is 12.5. The predicted octanol–water partition coefficient (Wildman–Crippen LogP) is 2.65. The summed E-state index contributed by atoms with van der Waals surface area (Å²) in [6.07, 6.45) is 1.51. The molecule has 0 radical (unpaired) electrons. The fourth-order valence-electron chi connectivity index (χ4n) is 2.95. The van der Waals surface area contributed by atoms with E-state index in [1.807, 2.05) is 30.3 Å². The Morgan fingerprint density at radius 2 is 1.79 bits per heavy atom. The van der Waals surface area contributed by atoms with Crippen molar-refractivity contribution in [2.24, 2.45) is 7.05 Å². The summed E-state index contributed by atoms with van der Waals surface area (Å²) in [6.45, 7) is 0. The Morgan fingerprint density at radius 3 is 2.46 bits per heavy atom. The van der Waals surface area contributed by atoms with Gasteiger partial charge in [0.25, 0.3) is 5.56 Å². The minimum atomic E-state index is -0.402. The monoisotopic (exact) mass is 375 g/mol. The largest absolute Gasteiger partial charge is 0.465 e. The van der Waals surface area contributed by atoms with E-state index < -0.39 is 5.97 Å². The Morgan fingerprint density at radius 1 is 1.07 bits per heavy atom. The molecule has 0 aliphatic heterocycles. The van der Waals surface area contributed by atoms with Crippen molar-refractivity contribution in [3.8, 4) is 5.69 Å². The highest BCUT2D eigenvalue weighted by Gasteiger charge is 2.15. The number of carbonyl (C=O) groups is 1. The van der Waals surface area contributed by atoms with Crippen molar-refractivity contribution in [3.63, 3.8) is 0 Å². The number of anilines is 2. The zero-order chi connectivity index (χ0) is 19.7. The summed E-state index contributed by atoms with van der Waals surface area (Å²) < 4.78 is 7.94. The number of hydrogen-bond donors (Lipinski definition) is 1. The third-order valence-electron chi connectivity index (χ3n) is 4.36. The smallest absolute Gasteiger partial charge is 0.337 e. The number of aromatic nitrogens is 4. The third-order valence-corrected chi connectivity index (χ3v) is 4.36. The van der Waals surface area contributed by atoms with Gasteiger partial charge in [0.15, 0.2) is 5.65 Å². The lowest BCUT2D eigenvalue weighted by Crippen LogP contribution is -2.17. The van der Waals surface area contributed by atoms with Crippen LogP contribution in [0.3, 0.4) is 0 Å². The number of fused-ring (bicyclic) bond motifs is 1. The summed E-state index contributed by atoms with van der Waals surface area (Å²) >= 11 is 0. The van der Waals surface area contributed by atoms with Gasteiger partial charge in [-0.25, -0.2) is 19.1 Å². The lowest BCUT2D eigenvalue weighted by molar-refractivity contribution is 0.0601. The lowest BCUT2D eigenvalue weighted by atomic mass is 10.2. The van der Waals surface area contributed by atoms with Crippen molar-refractivity contribution in [2.45, 2.75) is 0 Å². The van der Waals surface area contributed by atoms with Crippen LogP contribution in [0.2, 0.25) is 0 Å². The Labute approximate surface area is 160 Å². The Kier molecular flexibility index (Phi) is 4.36. The molecule has 8 nitrogen and oxygen atoms in total. The van der Waals surface area contributed by atoms with E-state index in [2.05, 4.69) is 15.3 Å². The van der Waals surface area contributed by atoms with Crippen molar-refractivity contribution in [1.29, 1.82) is 0 Å². The Balaban J connectivity index is 1.74. The number of nitrogens with zero attached hydrogens (tertiary/aromatic N) is 4. The van der Waals surface area contributed by atoms with E-state index in [9.17, 15) is 9.59 Å². The molecule has 0 spiro atoms. The molecule has 0 fully saturated rings. The molecule has 4 rings (SSSR count). The fraction of sp³-hybridized carbons (Fsp3) is 0.100. The number of methoxy groups -OCH3 is 1. The molecule has 8 heteroatoms. The number of rotatable bonds is 4. The molecule has 0 saturated carbocycles. The normalized spacial score (nSPS) is 10.8. The molecule has 0 unspecified atom stereocenters. The van der Waals surface area contributed by atoms with E-state index in [0.29, 0.717) is 28.2 Å². The van der Waals surface area contributed by atoms with E-state index in [1.54, 1.807) is 36.0 Å². The van der Waals surface area contributed by atoms with Crippen molar-refractivity contribution in [2.75, 3.05) is 12.4 Å². The summed E-state index contributed by atoms with van der Waals surface area (Å²) in [6, 6.07) is 16.3. The topological polar surface area (TPSA) is 91.0 Å². The van der Waals surface area contributed by atoms with Gasteiger partial charge in [-0.05, 0) is 36.4 Å². The fourth-order valence-corrected chi connectivity index (χ4v) is 2.95. The Bertz CT molecular complexity index is 1210. The summed E-state index contributed by atoms with van der Waals surface area (Å²) in [5.74, 6) is -0.0611. The number of benzene rings is 2.